The van der Waals surface area contributed by atoms with Crippen LogP contribution in [0.1, 0.15) is 17.3 Å². The van der Waals surface area contributed by atoms with Gasteiger partial charge in [0.15, 0.2) is 0 Å². The summed E-state index contributed by atoms with van der Waals surface area (Å²) in [6.07, 6.45) is 1.65. The Hall–Kier alpha value is -2.45. The van der Waals surface area contributed by atoms with Crippen molar-refractivity contribution in [3.05, 3.63) is 54.2 Å². The molecule has 0 aliphatic rings. The first-order valence-electron chi connectivity index (χ1n) is 7.44. The number of pyridine rings is 1. The molecule has 1 aromatic carbocycles. The van der Waals surface area contributed by atoms with Crippen molar-refractivity contribution in [3.63, 3.8) is 0 Å². The molecular weight excluding hydrogens is 330 g/mol. The van der Waals surface area contributed by atoms with Gasteiger partial charge >= 0.3 is 5.97 Å². The fourth-order valence-electron chi connectivity index (χ4n) is 1.91. The summed E-state index contributed by atoms with van der Waals surface area (Å²) in [6.45, 7) is 2.58. The Morgan fingerprint density at radius 3 is 2.50 bits per heavy atom. The molecule has 0 amide bonds. The minimum Gasteiger partial charge on any atom is -0.462 e. The predicted octanol–water partition coefficient (Wildman–Crippen LogP) is 1.65. The van der Waals surface area contributed by atoms with Gasteiger partial charge in [-0.25, -0.2) is 22.9 Å². The quantitative estimate of drug-likeness (QED) is 0.555. The van der Waals surface area contributed by atoms with E-state index < -0.39 is 16.0 Å². The summed E-state index contributed by atoms with van der Waals surface area (Å²) in [6, 6.07) is 11.0. The highest BCUT2D eigenvalue weighted by molar-refractivity contribution is 7.89. The summed E-state index contributed by atoms with van der Waals surface area (Å²) in [7, 11) is -3.63. The molecule has 2 rings (SSSR count). The number of hydrogen-bond donors (Lipinski definition) is 2. The largest absolute Gasteiger partial charge is 0.462 e. The van der Waals surface area contributed by atoms with Crippen LogP contribution in [0.5, 0.6) is 0 Å². The zero-order valence-electron chi connectivity index (χ0n) is 13.2. The Labute approximate surface area is 141 Å². The molecule has 1 aromatic heterocycles. The maximum absolute atomic E-state index is 12.2. The molecule has 24 heavy (non-hydrogen) atoms. The molecule has 2 aromatic rings. The number of ether oxygens (including phenoxy) is 1. The van der Waals surface area contributed by atoms with E-state index in [9.17, 15) is 13.2 Å². The van der Waals surface area contributed by atoms with Crippen molar-refractivity contribution in [2.75, 3.05) is 25.0 Å². The standard InChI is InChI=1S/C16H19N3O4S/c1-2-23-16(20)13-6-8-14(9-7-13)24(21,22)19-12-11-18-15-5-3-4-10-17-15/h3-10,19H,2,11-12H2,1H3,(H,17,18). The molecule has 0 unspecified atom stereocenters. The van der Waals surface area contributed by atoms with Crippen LogP contribution < -0.4 is 10.0 Å². The highest BCUT2D eigenvalue weighted by Gasteiger charge is 2.14. The van der Waals surface area contributed by atoms with E-state index in [1.54, 1.807) is 25.3 Å². The van der Waals surface area contributed by atoms with Crippen LogP contribution in [0.3, 0.4) is 0 Å². The third-order valence-corrected chi connectivity index (χ3v) is 4.54. The van der Waals surface area contributed by atoms with Gasteiger partial charge in [-0.2, -0.15) is 0 Å². The lowest BCUT2D eigenvalue weighted by Gasteiger charge is -2.09. The first kappa shape index (κ1) is 17.9. The number of anilines is 1. The average molecular weight is 349 g/mol. The molecule has 0 bridgehead atoms. The first-order valence-corrected chi connectivity index (χ1v) is 8.93. The average Bonchev–Trinajstić information content (AvgIpc) is 2.60. The lowest BCUT2D eigenvalue weighted by molar-refractivity contribution is 0.0526. The Balaban J connectivity index is 1.89. The molecule has 1 heterocycles. The normalized spacial score (nSPS) is 11.0. The van der Waals surface area contributed by atoms with E-state index in [-0.39, 0.29) is 18.0 Å². The minimum atomic E-state index is -3.63. The van der Waals surface area contributed by atoms with Crippen molar-refractivity contribution < 1.29 is 17.9 Å². The van der Waals surface area contributed by atoms with Crippen LogP contribution in [0.4, 0.5) is 5.82 Å². The maximum Gasteiger partial charge on any atom is 0.338 e. The molecule has 0 saturated heterocycles. The summed E-state index contributed by atoms with van der Waals surface area (Å²) in [5.41, 5.74) is 0.313. The fraction of sp³-hybridized carbons (Fsp3) is 0.250. The van der Waals surface area contributed by atoms with Gasteiger partial charge in [-0.3, -0.25) is 0 Å². The Kier molecular flexibility index (Phi) is 6.28. The first-order chi connectivity index (χ1) is 11.5. The van der Waals surface area contributed by atoms with E-state index in [1.807, 2.05) is 6.07 Å². The van der Waals surface area contributed by atoms with Crippen molar-refractivity contribution in [3.8, 4) is 0 Å². The SMILES string of the molecule is CCOC(=O)c1ccc(S(=O)(=O)NCCNc2ccccn2)cc1. The number of esters is 1. The van der Waals surface area contributed by atoms with Crippen molar-refractivity contribution >= 4 is 21.8 Å². The lowest BCUT2D eigenvalue weighted by Crippen LogP contribution is -2.29. The van der Waals surface area contributed by atoms with Gasteiger partial charge in [-0.05, 0) is 43.3 Å². The van der Waals surface area contributed by atoms with Crippen LogP contribution in [-0.2, 0) is 14.8 Å². The van der Waals surface area contributed by atoms with Gasteiger partial charge in [0.2, 0.25) is 10.0 Å². The Morgan fingerprint density at radius 2 is 1.88 bits per heavy atom. The highest BCUT2D eigenvalue weighted by atomic mass is 32.2. The predicted molar refractivity (Wildman–Crippen MR) is 90.3 cm³/mol. The summed E-state index contributed by atoms with van der Waals surface area (Å²) in [5, 5.41) is 3.01. The second kappa shape index (κ2) is 8.42. The molecule has 8 heteroatoms. The molecule has 0 atom stereocenters. The number of rotatable bonds is 8. The molecule has 0 fully saturated rings. The molecule has 7 nitrogen and oxygen atoms in total. The lowest BCUT2D eigenvalue weighted by atomic mass is 10.2. The third kappa shape index (κ3) is 5.04. The van der Waals surface area contributed by atoms with Crippen LogP contribution in [0.15, 0.2) is 53.6 Å². The van der Waals surface area contributed by atoms with E-state index in [2.05, 4.69) is 15.0 Å². The van der Waals surface area contributed by atoms with Gasteiger partial charge < -0.3 is 10.1 Å². The molecule has 0 radical (unpaired) electrons. The summed E-state index contributed by atoms with van der Waals surface area (Å²) in [4.78, 5) is 15.7. The number of carbonyl (C=O) groups is 1. The second-order valence-electron chi connectivity index (χ2n) is 4.78. The van der Waals surface area contributed by atoms with E-state index in [0.717, 1.165) is 0 Å². The summed E-state index contributed by atoms with van der Waals surface area (Å²) in [5.74, 6) is 0.199. The second-order valence-corrected chi connectivity index (χ2v) is 6.55. The van der Waals surface area contributed by atoms with Gasteiger partial charge in [0.25, 0.3) is 0 Å². The summed E-state index contributed by atoms with van der Waals surface area (Å²) >= 11 is 0. The zero-order chi connectivity index (χ0) is 17.4. The molecular formula is C16H19N3O4S. The van der Waals surface area contributed by atoms with Gasteiger partial charge in [-0.1, -0.05) is 6.07 Å². The number of nitrogens with zero attached hydrogens (tertiary/aromatic N) is 1. The van der Waals surface area contributed by atoms with Crippen molar-refractivity contribution in [2.45, 2.75) is 11.8 Å². The van der Waals surface area contributed by atoms with Crippen LogP contribution in [0, 0.1) is 0 Å². The van der Waals surface area contributed by atoms with Crippen LogP contribution in [-0.4, -0.2) is 39.1 Å². The zero-order valence-corrected chi connectivity index (χ0v) is 14.0. The summed E-state index contributed by atoms with van der Waals surface area (Å²) < 4.78 is 31.7. The van der Waals surface area contributed by atoms with Gasteiger partial charge in [0.1, 0.15) is 5.82 Å². The van der Waals surface area contributed by atoms with Crippen LogP contribution in [0.2, 0.25) is 0 Å². The van der Waals surface area contributed by atoms with Crippen LogP contribution in [0.25, 0.3) is 0 Å². The van der Waals surface area contributed by atoms with Crippen molar-refractivity contribution in [2.24, 2.45) is 0 Å². The van der Waals surface area contributed by atoms with Crippen molar-refractivity contribution in [1.82, 2.24) is 9.71 Å². The number of carbonyl (C=O) groups excluding carboxylic acids is 1. The molecule has 2 N–H and O–H groups in total. The number of sulfonamides is 1. The molecule has 0 saturated carbocycles. The fourth-order valence-corrected chi connectivity index (χ4v) is 2.94. The Morgan fingerprint density at radius 1 is 1.12 bits per heavy atom. The van der Waals surface area contributed by atoms with E-state index in [4.69, 9.17) is 4.74 Å². The molecule has 0 aliphatic heterocycles. The van der Waals surface area contributed by atoms with E-state index in [0.29, 0.717) is 17.9 Å². The Bertz CT molecular complexity index is 762. The number of aromatic nitrogens is 1. The monoisotopic (exact) mass is 349 g/mol. The smallest absolute Gasteiger partial charge is 0.338 e. The maximum atomic E-state index is 12.2. The van der Waals surface area contributed by atoms with Gasteiger partial charge in [0, 0.05) is 19.3 Å². The topological polar surface area (TPSA) is 97.4 Å². The number of nitrogens with one attached hydrogen (secondary N) is 2. The molecule has 0 aliphatic carbocycles. The van der Waals surface area contributed by atoms with E-state index in [1.165, 1.54) is 24.3 Å². The number of hydrogen-bond acceptors (Lipinski definition) is 6. The van der Waals surface area contributed by atoms with Gasteiger partial charge in [0.05, 0.1) is 17.1 Å². The third-order valence-electron chi connectivity index (χ3n) is 3.06. The molecule has 128 valence electrons. The van der Waals surface area contributed by atoms with Crippen LogP contribution >= 0.6 is 0 Å². The molecule has 0 spiro atoms. The van der Waals surface area contributed by atoms with Gasteiger partial charge in [-0.15, -0.1) is 0 Å². The number of benzene rings is 1. The minimum absolute atomic E-state index is 0.0911. The van der Waals surface area contributed by atoms with E-state index >= 15 is 0 Å². The van der Waals surface area contributed by atoms with Crippen molar-refractivity contribution in [1.29, 1.82) is 0 Å². The highest BCUT2D eigenvalue weighted by Crippen LogP contribution is 2.11.